The Balaban J connectivity index is 2.44. The van der Waals surface area contributed by atoms with Gasteiger partial charge in [0.1, 0.15) is 6.61 Å². The van der Waals surface area contributed by atoms with Gasteiger partial charge in [0.2, 0.25) is 0 Å². The smallest absolute Gasteiger partial charge is 0.305 e. The van der Waals surface area contributed by atoms with Crippen LogP contribution in [-0.2, 0) is 47.7 Å². The Bertz CT molecular complexity index is 1610. The highest BCUT2D eigenvalue weighted by Crippen LogP contribution is 2.23. The van der Waals surface area contributed by atoms with Gasteiger partial charge in [0.15, 0.2) is 0 Å². The van der Waals surface area contributed by atoms with Crippen LogP contribution in [0.25, 0.3) is 0 Å². The minimum Gasteiger partial charge on any atom is -0.466 e. The normalized spacial score (nSPS) is 14.6. The zero-order valence-electron chi connectivity index (χ0n) is 57.2. The molecule has 0 spiro atoms. The van der Waals surface area contributed by atoms with Crippen LogP contribution in [0, 0.1) is 11.8 Å². The van der Waals surface area contributed by atoms with Crippen LogP contribution in [-0.4, -0.2) is 217 Å². The molecule has 0 amide bonds. The quantitative estimate of drug-likeness (QED) is 0.0192. The molecular weight excluding hydrogens is 1170 g/mol. The lowest BCUT2D eigenvalue weighted by Gasteiger charge is -2.34. The van der Waals surface area contributed by atoms with Crippen LogP contribution in [0.2, 0.25) is 0 Å². The molecule has 20 heteroatoms. The van der Waals surface area contributed by atoms with Crippen molar-refractivity contribution >= 4 is 51.4 Å². The van der Waals surface area contributed by atoms with E-state index in [1.54, 1.807) is 0 Å². The molecule has 524 valence electrons. The number of unbranched alkanes of at least 4 members (excludes halogenated alkanes) is 12. The second kappa shape index (κ2) is 59.5. The van der Waals surface area contributed by atoms with Gasteiger partial charge in [-0.15, -0.1) is 0 Å². The third-order valence-electron chi connectivity index (χ3n) is 17.1. The summed E-state index contributed by atoms with van der Waals surface area (Å²) < 4.78 is 27.1. The van der Waals surface area contributed by atoms with Crippen molar-refractivity contribution in [2.24, 2.45) is 11.8 Å². The van der Waals surface area contributed by atoms with Gasteiger partial charge in [-0.2, -0.15) is 0 Å². The molecule has 4 unspecified atom stereocenters. The molecule has 0 aliphatic carbocycles. The summed E-state index contributed by atoms with van der Waals surface area (Å²) in [4.78, 5) is 70.4. The van der Waals surface area contributed by atoms with Crippen molar-refractivity contribution in [1.29, 1.82) is 0 Å². The van der Waals surface area contributed by atoms with E-state index in [4.69, 9.17) is 23.7 Å². The summed E-state index contributed by atoms with van der Waals surface area (Å²) >= 11 is 0. The number of aliphatic hydroxyl groups excluding tert-OH is 4. The Labute approximate surface area is 549 Å². The first-order valence-electron chi connectivity index (χ1n) is 35.8. The maximum atomic E-state index is 12.8. The monoisotopic (exact) mass is 1300 g/mol. The maximum absolute atomic E-state index is 12.8. The van der Waals surface area contributed by atoms with Gasteiger partial charge in [0.05, 0.1) is 50.8 Å². The standard InChI is InChI=1S/C69H132N4O14S2/c1-7-13-48-83-65(78)37-25-23-33-63(76)55-73(56-64(77)34-24-26-38-66(79)84-49-14-8-2)41-29-30-51-88-89-52-47-71-44-42-70(43-45-71)46-50-85-67(80)39-27-28-40-72(53-61(74)31-19-15-17-21-35-68(81)86-57-59(9-3)10-4)54-62(75)32-20-16-18-22-36-69(82)87-58-60(11-5)12-6/h59-64,74-77H,7-58H2,1-6H3. The molecule has 1 saturated heterocycles. The summed E-state index contributed by atoms with van der Waals surface area (Å²) in [7, 11) is 3.81. The number of carbonyl (C=O) groups is 5. The fourth-order valence-corrected chi connectivity index (χ4v) is 13.0. The van der Waals surface area contributed by atoms with E-state index in [1.165, 1.54) is 0 Å². The van der Waals surface area contributed by atoms with Crippen molar-refractivity contribution < 1.29 is 68.1 Å². The molecule has 1 heterocycles. The first-order chi connectivity index (χ1) is 43.1. The van der Waals surface area contributed by atoms with Crippen LogP contribution >= 0.6 is 21.6 Å². The second-order valence-electron chi connectivity index (χ2n) is 25.1. The van der Waals surface area contributed by atoms with E-state index in [0.717, 1.165) is 186 Å². The summed E-state index contributed by atoms with van der Waals surface area (Å²) in [5.41, 5.74) is 0. The van der Waals surface area contributed by atoms with Gasteiger partial charge in [-0.05, 0) is 115 Å². The number of rotatable bonds is 63. The minimum absolute atomic E-state index is 0.127. The van der Waals surface area contributed by atoms with Crippen LogP contribution in [0.3, 0.4) is 0 Å². The minimum atomic E-state index is -0.546. The molecule has 0 aromatic heterocycles. The van der Waals surface area contributed by atoms with E-state index < -0.39 is 24.4 Å². The van der Waals surface area contributed by atoms with E-state index in [1.807, 2.05) is 21.6 Å². The first-order valence-corrected chi connectivity index (χ1v) is 38.3. The van der Waals surface area contributed by atoms with Gasteiger partial charge in [-0.3, -0.25) is 43.6 Å². The molecule has 0 aromatic carbocycles. The molecule has 1 fully saturated rings. The van der Waals surface area contributed by atoms with E-state index in [0.29, 0.717) is 161 Å². The molecule has 89 heavy (non-hydrogen) atoms. The Hall–Kier alpha value is -2.27. The number of ether oxygens (including phenoxy) is 5. The predicted molar refractivity (Wildman–Crippen MR) is 363 cm³/mol. The molecule has 1 rings (SSSR count). The number of nitrogens with zero attached hydrogens (tertiary/aromatic N) is 4. The fourth-order valence-electron chi connectivity index (χ4n) is 10.8. The molecule has 1 aliphatic heterocycles. The molecule has 0 saturated carbocycles. The van der Waals surface area contributed by atoms with Gasteiger partial charge >= 0.3 is 29.8 Å². The van der Waals surface area contributed by atoms with E-state index in [2.05, 4.69) is 61.1 Å². The molecule has 18 nitrogen and oxygen atoms in total. The van der Waals surface area contributed by atoms with E-state index >= 15 is 0 Å². The van der Waals surface area contributed by atoms with Crippen molar-refractivity contribution in [3.63, 3.8) is 0 Å². The Morgan fingerprint density at radius 2 is 0.685 bits per heavy atom. The summed E-state index contributed by atoms with van der Waals surface area (Å²) in [5.74, 6) is 2.11. The molecule has 4 N–H and O–H groups in total. The summed E-state index contributed by atoms with van der Waals surface area (Å²) in [5, 5.41) is 44.1. The van der Waals surface area contributed by atoms with Crippen molar-refractivity contribution in [2.45, 2.75) is 278 Å². The SMILES string of the molecule is CCCCOC(=O)CCCCC(O)CN(CCCCSSCCN1CCN(CCOC(=O)CCCCN(CC(O)CCCCCCC(=O)OCC(CC)CC)CC(O)CCCCCCC(=O)OCC(CC)CC)CC1)CC(O)CCCCC(=O)OCCCC. The largest absolute Gasteiger partial charge is 0.466 e. The lowest BCUT2D eigenvalue weighted by Crippen LogP contribution is -2.47. The third kappa shape index (κ3) is 51.8. The van der Waals surface area contributed by atoms with Crippen LogP contribution in [0.5, 0.6) is 0 Å². The van der Waals surface area contributed by atoms with Crippen LogP contribution in [0.15, 0.2) is 0 Å². The Kier molecular flexibility index (Phi) is 56.6. The van der Waals surface area contributed by atoms with Crippen molar-refractivity contribution in [3.8, 4) is 0 Å². The highest BCUT2D eigenvalue weighted by atomic mass is 33.1. The zero-order chi connectivity index (χ0) is 65.4. The summed E-state index contributed by atoms with van der Waals surface area (Å²) in [6.45, 7) is 23.8. The average Bonchev–Trinajstić information content (AvgIpc) is 3.65. The molecule has 4 atom stereocenters. The molecule has 0 bridgehead atoms. The number of carbonyl (C=O) groups excluding carboxylic acids is 5. The molecular formula is C69H132N4O14S2. The van der Waals surface area contributed by atoms with Crippen molar-refractivity contribution in [2.75, 3.05) is 123 Å². The van der Waals surface area contributed by atoms with Crippen molar-refractivity contribution in [1.82, 2.24) is 19.6 Å². The Morgan fingerprint density at radius 1 is 0.371 bits per heavy atom. The number of hydrogen-bond donors (Lipinski definition) is 4. The Morgan fingerprint density at radius 3 is 1.08 bits per heavy atom. The molecule has 1 aliphatic rings. The summed E-state index contributed by atoms with van der Waals surface area (Å²) in [6, 6.07) is 0. The highest BCUT2D eigenvalue weighted by molar-refractivity contribution is 8.76. The lowest BCUT2D eigenvalue weighted by molar-refractivity contribution is -0.146. The lowest BCUT2D eigenvalue weighted by atomic mass is 10.0. The molecule has 0 aromatic rings. The highest BCUT2D eigenvalue weighted by Gasteiger charge is 2.21. The second-order valence-corrected chi connectivity index (χ2v) is 27.8. The van der Waals surface area contributed by atoms with E-state index in [-0.39, 0.29) is 29.8 Å². The number of hydrogen-bond acceptors (Lipinski definition) is 20. The summed E-state index contributed by atoms with van der Waals surface area (Å²) in [6.07, 6.45) is 23.1. The fraction of sp³-hybridized carbons (Fsp3) is 0.928. The topological polar surface area (TPSA) is 225 Å². The number of piperazine rings is 1. The van der Waals surface area contributed by atoms with Gasteiger partial charge in [0.25, 0.3) is 0 Å². The zero-order valence-corrected chi connectivity index (χ0v) is 58.8. The predicted octanol–water partition coefficient (Wildman–Crippen LogP) is 12.0. The van der Waals surface area contributed by atoms with Crippen LogP contribution in [0.1, 0.15) is 253 Å². The average molecular weight is 1310 g/mol. The number of esters is 5. The molecule has 0 radical (unpaired) electrons. The van der Waals surface area contributed by atoms with Gasteiger partial charge in [0, 0.05) is 109 Å². The maximum Gasteiger partial charge on any atom is 0.305 e. The van der Waals surface area contributed by atoms with Crippen LogP contribution in [0.4, 0.5) is 0 Å². The third-order valence-corrected chi connectivity index (χ3v) is 19.6. The first kappa shape index (κ1) is 84.7. The van der Waals surface area contributed by atoms with Gasteiger partial charge < -0.3 is 44.1 Å². The van der Waals surface area contributed by atoms with E-state index in [9.17, 15) is 44.4 Å². The van der Waals surface area contributed by atoms with Gasteiger partial charge in [-0.1, -0.05) is 153 Å². The number of aliphatic hydroxyl groups is 4. The van der Waals surface area contributed by atoms with Gasteiger partial charge in [-0.25, -0.2) is 0 Å². The van der Waals surface area contributed by atoms with Crippen LogP contribution < -0.4 is 0 Å². The van der Waals surface area contributed by atoms with Crippen molar-refractivity contribution in [3.05, 3.63) is 0 Å².